The van der Waals surface area contributed by atoms with Crippen LogP contribution in [0.25, 0.3) is 0 Å². The van der Waals surface area contributed by atoms with Gasteiger partial charge in [-0.25, -0.2) is 0 Å². The first-order valence-corrected chi connectivity index (χ1v) is 3.79. The number of nitrogens with zero attached hydrogens (tertiary/aromatic N) is 1. The van der Waals surface area contributed by atoms with Gasteiger partial charge < -0.3 is 5.32 Å². The van der Waals surface area contributed by atoms with E-state index in [2.05, 4.69) is 17.3 Å². The summed E-state index contributed by atoms with van der Waals surface area (Å²) in [7, 11) is 2.13. The van der Waals surface area contributed by atoms with Crippen LogP contribution >= 0.6 is 0 Å². The van der Waals surface area contributed by atoms with Crippen molar-refractivity contribution < 1.29 is 0 Å². The molecule has 0 amide bonds. The monoisotopic (exact) mass is 130 g/mol. The molecule has 9 heavy (non-hydrogen) atoms. The highest BCUT2D eigenvalue weighted by Gasteiger charge is 2.00. The third-order valence-corrected chi connectivity index (χ3v) is 1.28. The summed E-state index contributed by atoms with van der Waals surface area (Å²) < 4.78 is 0. The summed E-state index contributed by atoms with van der Waals surface area (Å²) in [5.41, 5.74) is 0. The van der Waals surface area contributed by atoms with Gasteiger partial charge in [0.1, 0.15) is 0 Å². The van der Waals surface area contributed by atoms with Gasteiger partial charge in [0, 0.05) is 13.2 Å². The third-order valence-electron chi connectivity index (χ3n) is 1.28. The van der Waals surface area contributed by atoms with E-state index in [1.807, 2.05) is 13.8 Å². The molecule has 1 rings (SSSR count). The van der Waals surface area contributed by atoms with Crippen molar-refractivity contribution in [1.29, 1.82) is 0 Å². The van der Waals surface area contributed by atoms with Gasteiger partial charge in [-0.2, -0.15) is 0 Å². The average molecular weight is 130 g/mol. The minimum Gasteiger partial charge on any atom is -0.304 e. The van der Waals surface area contributed by atoms with Crippen molar-refractivity contribution in [3.8, 4) is 0 Å². The first-order valence-electron chi connectivity index (χ1n) is 3.79. The van der Waals surface area contributed by atoms with Crippen molar-refractivity contribution in [1.82, 2.24) is 10.2 Å². The summed E-state index contributed by atoms with van der Waals surface area (Å²) in [5, 5.41) is 3.26. The zero-order valence-electron chi connectivity index (χ0n) is 6.78. The van der Waals surface area contributed by atoms with E-state index in [4.69, 9.17) is 0 Å². The zero-order valence-corrected chi connectivity index (χ0v) is 6.78. The van der Waals surface area contributed by atoms with Crippen LogP contribution in [0.5, 0.6) is 0 Å². The van der Waals surface area contributed by atoms with Crippen molar-refractivity contribution >= 4 is 0 Å². The van der Waals surface area contributed by atoms with Gasteiger partial charge in [0.2, 0.25) is 0 Å². The fourth-order valence-corrected chi connectivity index (χ4v) is 0.823. The van der Waals surface area contributed by atoms with Crippen LogP contribution in [-0.2, 0) is 0 Å². The Morgan fingerprint density at radius 1 is 1.33 bits per heavy atom. The first-order chi connectivity index (χ1) is 4.39. The quantitative estimate of drug-likeness (QED) is 0.524. The minimum atomic E-state index is 1.07. The van der Waals surface area contributed by atoms with E-state index in [0.717, 1.165) is 6.67 Å². The summed E-state index contributed by atoms with van der Waals surface area (Å²) in [4.78, 5) is 2.28. The predicted octanol–water partition coefficient (Wildman–Crippen LogP) is 0.895. The van der Waals surface area contributed by atoms with E-state index in [1.54, 1.807) is 0 Å². The highest BCUT2D eigenvalue weighted by Crippen LogP contribution is 1.88. The van der Waals surface area contributed by atoms with Crippen LogP contribution in [0, 0.1) is 0 Å². The summed E-state index contributed by atoms with van der Waals surface area (Å²) in [6.45, 7) is 7.53. The van der Waals surface area contributed by atoms with E-state index in [0.29, 0.717) is 0 Å². The topological polar surface area (TPSA) is 15.3 Å². The van der Waals surface area contributed by atoms with Crippen molar-refractivity contribution in [2.24, 2.45) is 0 Å². The normalized spacial score (nSPS) is 20.3. The van der Waals surface area contributed by atoms with Crippen LogP contribution in [0.3, 0.4) is 0 Å². The van der Waals surface area contributed by atoms with Gasteiger partial charge in [-0.3, -0.25) is 4.90 Å². The third kappa shape index (κ3) is 4.43. The Balaban J connectivity index is 0.000000291. The maximum Gasteiger partial charge on any atom is 0.0477 e. The van der Waals surface area contributed by atoms with Crippen LogP contribution in [0.1, 0.15) is 20.3 Å². The minimum absolute atomic E-state index is 1.07. The molecule has 2 heteroatoms. The van der Waals surface area contributed by atoms with Gasteiger partial charge in [-0.15, -0.1) is 0 Å². The maximum absolute atomic E-state index is 3.26. The van der Waals surface area contributed by atoms with Crippen molar-refractivity contribution in [3.05, 3.63) is 0 Å². The maximum atomic E-state index is 3.26. The summed E-state index contributed by atoms with van der Waals surface area (Å²) >= 11 is 0. The molecule has 1 aliphatic heterocycles. The van der Waals surface area contributed by atoms with Crippen LogP contribution in [0.2, 0.25) is 0 Å². The first kappa shape index (κ1) is 8.92. The molecule has 0 aromatic carbocycles. The van der Waals surface area contributed by atoms with Crippen molar-refractivity contribution in [3.63, 3.8) is 0 Å². The average Bonchev–Trinajstić information content (AvgIpc) is 1.94. The lowest BCUT2D eigenvalue weighted by Crippen LogP contribution is -2.38. The Morgan fingerprint density at radius 3 is 2.22 bits per heavy atom. The van der Waals surface area contributed by atoms with Crippen LogP contribution in [0.4, 0.5) is 0 Å². The lowest BCUT2D eigenvalue weighted by Gasteiger charge is -2.22. The van der Waals surface area contributed by atoms with E-state index in [9.17, 15) is 0 Å². The molecule has 0 aliphatic carbocycles. The molecule has 0 atom stereocenters. The smallest absolute Gasteiger partial charge is 0.0477 e. The Labute approximate surface area is 58.2 Å². The van der Waals surface area contributed by atoms with Crippen molar-refractivity contribution in [2.45, 2.75) is 20.3 Å². The highest BCUT2D eigenvalue weighted by atomic mass is 15.2. The second kappa shape index (κ2) is 6.05. The van der Waals surface area contributed by atoms with E-state index < -0.39 is 0 Å². The molecule has 1 heterocycles. The van der Waals surface area contributed by atoms with E-state index >= 15 is 0 Å². The standard InChI is InChI=1S/C5H12N2.C2H6/c1-7-4-2-3-6-5-7;1-2/h6H,2-5H2,1H3;1-2H3. The van der Waals surface area contributed by atoms with E-state index in [1.165, 1.54) is 19.5 Å². The summed E-state index contributed by atoms with van der Waals surface area (Å²) in [5.74, 6) is 0. The molecule has 0 unspecified atom stereocenters. The Hall–Kier alpha value is -0.0800. The molecule has 0 saturated carbocycles. The second-order valence-corrected chi connectivity index (χ2v) is 2.09. The van der Waals surface area contributed by atoms with Crippen LogP contribution < -0.4 is 5.32 Å². The van der Waals surface area contributed by atoms with Gasteiger partial charge in [0.25, 0.3) is 0 Å². The predicted molar refractivity (Wildman–Crippen MR) is 41.5 cm³/mol. The summed E-state index contributed by atoms with van der Waals surface area (Å²) in [6, 6.07) is 0. The van der Waals surface area contributed by atoms with Gasteiger partial charge in [0.15, 0.2) is 0 Å². The molecule has 0 spiro atoms. The molecule has 0 aromatic rings. The number of hydrogen-bond donors (Lipinski definition) is 1. The molecule has 56 valence electrons. The molecular weight excluding hydrogens is 112 g/mol. The number of nitrogens with one attached hydrogen (secondary N) is 1. The zero-order chi connectivity index (χ0) is 7.11. The Bertz CT molecular complexity index is 48.9. The van der Waals surface area contributed by atoms with Crippen LogP contribution in [0.15, 0.2) is 0 Å². The number of rotatable bonds is 0. The van der Waals surface area contributed by atoms with Gasteiger partial charge in [0.05, 0.1) is 0 Å². The molecule has 1 aliphatic rings. The molecule has 1 saturated heterocycles. The molecule has 2 nitrogen and oxygen atoms in total. The van der Waals surface area contributed by atoms with Crippen LogP contribution in [-0.4, -0.2) is 31.7 Å². The fraction of sp³-hybridized carbons (Fsp3) is 1.00. The Morgan fingerprint density at radius 2 is 2.00 bits per heavy atom. The molecular formula is C7H18N2. The largest absolute Gasteiger partial charge is 0.304 e. The number of hydrogen-bond acceptors (Lipinski definition) is 2. The van der Waals surface area contributed by atoms with Gasteiger partial charge >= 0.3 is 0 Å². The molecule has 0 aromatic heterocycles. The molecule has 1 fully saturated rings. The van der Waals surface area contributed by atoms with Gasteiger partial charge in [-0.05, 0) is 20.0 Å². The Kier molecular flexibility index (Phi) is 5.99. The highest BCUT2D eigenvalue weighted by molar-refractivity contribution is 4.57. The lowest BCUT2D eigenvalue weighted by atomic mass is 10.3. The van der Waals surface area contributed by atoms with Crippen molar-refractivity contribution in [2.75, 3.05) is 26.8 Å². The SMILES string of the molecule is CC.CN1CCCNC1. The molecule has 0 bridgehead atoms. The second-order valence-electron chi connectivity index (χ2n) is 2.09. The summed E-state index contributed by atoms with van der Waals surface area (Å²) in [6.07, 6.45) is 1.30. The fourth-order valence-electron chi connectivity index (χ4n) is 0.823. The lowest BCUT2D eigenvalue weighted by molar-refractivity contribution is 0.261. The molecule has 1 N–H and O–H groups in total. The van der Waals surface area contributed by atoms with E-state index in [-0.39, 0.29) is 0 Å². The van der Waals surface area contributed by atoms with Gasteiger partial charge in [-0.1, -0.05) is 13.8 Å². The molecule has 0 radical (unpaired) electrons.